The van der Waals surface area contributed by atoms with Crippen molar-refractivity contribution >= 4 is 23.2 Å². The molecule has 1 unspecified atom stereocenters. The van der Waals surface area contributed by atoms with Crippen molar-refractivity contribution in [1.29, 1.82) is 0 Å². The Morgan fingerprint density at radius 3 is 2.66 bits per heavy atom. The molecule has 162 valence electrons. The number of halogens is 1. The normalized spacial score (nSPS) is 21.8. The average molecular weight is 420 g/mol. The van der Waals surface area contributed by atoms with E-state index >= 15 is 0 Å². The minimum absolute atomic E-state index is 0.525. The van der Waals surface area contributed by atoms with Crippen LogP contribution in [0.2, 0.25) is 5.02 Å². The largest absolute Gasteiger partial charge is 0.371 e. The second-order valence-electron chi connectivity index (χ2n) is 8.80. The highest BCUT2D eigenvalue weighted by molar-refractivity contribution is 6.30. The summed E-state index contributed by atoms with van der Waals surface area (Å²) in [5.74, 6) is 1.57. The number of likely N-dealkylation sites (tertiary alicyclic amines) is 1. The third-order valence-corrected chi connectivity index (χ3v) is 6.49. The van der Waals surface area contributed by atoms with Crippen molar-refractivity contribution in [1.82, 2.24) is 15.5 Å². The summed E-state index contributed by atoms with van der Waals surface area (Å²) in [4.78, 5) is 9.96. The number of anilines is 1. The maximum absolute atomic E-state index is 6.22. The first-order valence-electron chi connectivity index (χ1n) is 11.3. The van der Waals surface area contributed by atoms with Gasteiger partial charge in [-0.25, -0.2) is 0 Å². The van der Waals surface area contributed by atoms with Crippen molar-refractivity contribution in [3.05, 3.63) is 28.8 Å². The molecule has 1 aromatic rings. The molecule has 2 saturated heterocycles. The standard InChI is InChI=1S/C23H38ClN5/c1-5-25-23(27-21-9-12-28(13-10-21)17(2)3)26-15-19-8-11-29(16-19)22-14-20(24)7-6-18(22)4/h6-7,14,17,19,21H,5,8-13,15-16H2,1-4H3,(H2,25,26,27). The van der Waals surface area contributed by atoms with Gasteiger partial charge in [-0.3, -0.25) is 4.99 Å². The highest BCUT2D eigenvalue weighted by Crippen LogP contribution is 2.29. The predicted molar refractivity (Wildman–Crippen MR) is 125 cm³/mol. The number of piperidine rings is 1. The minimum Gasteiger partial charge on any atom is -0.371 e. The first-order chi connectivity index (χ1) is 14.0. The van der Waals surface area contributed by atoms with E-state index in [2.05, 4.69) is 60.3 Å². The quantitative estimate of drug-likeness (QED) is 0.542. The van der Waals surface area contributed by atoms with Crippen molar-refractivity contribution in [2.75, 3.05) is 44.2 Å². The minimum atomic E-state index is 0.525. The molecule has 0 aliphatic carbocycles. The van der Waals surface area contributed by atoms with Crippen LogP contribution < -0.4 is 15.5 Å². The van der Waals surface area contributed by atoms with Crippen LogP contribution in [-0.4, -0.2) is 62.2 Å². The van der Waals surface area contributed by atoms with E-state index in [0.29, 0.717) is 18.0 Å². The molecular weight excluding hydrogens is 382 g/mol. The summed E-state index contributed by atoms with van der Waals surface area (Å²) < 4.78 is 0. The molecule has 0 aromatic heterocycles. The fourth-order valence-electron chi connectivity index (χ4n) is 4.42. The van der Waals surface area contributed by atoms with Gasteiger partial charge in [-0.05, 0) is 70.6 Å². The zero-order chi connectivity index (χ0) is 20.8. The highest BCUT2D eigenvalue weighted by atomic mass is 35.5. The number of rotatable bonds is 6. The van der Waals surface area contributed by atoms with Crippen LogP contribution >= 0.6 is 11.6 Å². The first-order valence-corrected chi connectivity index (χ1v) is 11.6. The van der Waals surface area contributed by atoms with Crippen molar-refractivity contribution in [2.24, 2.45) is 10.9 Å². The monoisotopic (exact) mass is 419 g/mol. The lowest BCUT2D eigenvalue weighted by molar-refractivity contribution is 0.167. The number of aryl methyl sites for hydroxylation is 1. The number of aliphatic imine (C=N–C) groups is 1. The molecule has 0 amide bonds. The number of benzene rings is 1. The van der Waals surface area contributed by atoms with Gasteiger partial charge in [-0.2, -0.15) is 0 Å². The Morgan fingerprint density at radius 1 is 1.21 bits per heavy atom. The van der Waals surface area contributed by atoms with Gasteiger partial charge in [0.05, 0.1) is 0 Å². The molecule has 0 radical (unpaired) electrons. The van der Waals surface area contributed by atoms with Crippen LogP contribution in [0, 0.1) is 12.8 Å². The lowest BCUT2D eigenvalue weighted by atomic mass is 10.0. The average Bonchev–Trinajstić information content (AvgIpc) is 3.17. The molecule has 0 spiro atoms. The Hall–Kier alpha value is -1.46. The zero-order valence-corrected chi connectivity index (χ0v) is 19.3. The van der Waals surface area contributed by atoms with Crippen molar-refractivity contribution < 1.29 is 0 Å². The van der Waals surface area contributed by atoms with E-state index in [9.17, 15) is 0 Å². The van der Waals surface area contributed by atoms with Gasteiger partial charge in [-0.15, -0.1) is 0 Å². The van der Waals surface area contributed by atoms with E-state index in [0.717, 1.165) is 37.2 Å². The fraction of sp³-hybridized carbons (Fsp3) is 0.696. The summed E-state index contributed by atoms with van der Waals surface area (Å²) in [6.45, 7) is 15.1. The van der Waals surface area contributed by atoms with Gasteiger partial charge in [0, 0.05) is 62.1 Å². The number of hydrogen-bond acceptors (Lipinski definition) is 3. The maximum atomic E-state index is 6.22. The Kier molecular flexibility index (Phi) is 8.07. The Morgan fingerprint density at radius 2 is 1.97 bits per heavy atom. The molecular formula is C23H38ClN5. The molecule has 0 saturated carbocycles. The van der Waals surface area contributed by atoms with Gasteiger partial charge in [0.25, 0.3) is 0 Å². The zero-order valence-electron chi connectivity index (χ0n) is 18.5. The second-order valence-corrected chi connectivity index (χ2v) is 9.24. The SMILES string of the molecule is CCNC(=NCC1CCN(c2cc(Cl)ccc2C)C1)NC1CCN(C(C)C)CC1. The smallest absolute Gasteiger partial charge is 0.191 e. The van der Waals surface area contributed by atoms with Gasteiger partial charge in [0.2, 0.25) is 0 Å². The number of hydrogen-bond donors (Lipinski definition) is 2. The van der Waals surface area contributed by atoms with Gasteiger partial charge in [-0.1, -0.05) is 17.7 Å². The van der Waals surface area contributed by atoms with Crippen molar-refractivity contribution in [3.63, 3.8) is 0 Å². The molecule has 2 N–H and O–H groups in total. The molecule has 2 heterocycles. The van der Waals surface area contributed by atoms with Crippen molar-refractivity contribution in [3.8, 4) is 0 Å². The van der Waals surface area contributed by atoms with Crippen LogP contribution in [0.1, 0.15) is 45.6 Å². The van der Waals surface area contributed by atoms with Crippen LogP contribution in [0.3, 0.4) is 0 Å². The summed E-state index contributed by atoms with van der Waals surface area (Å²) in [5.41, 5.74) is 2.56. The van der Waals surface area contributed by atoms with E-state index < -0.39 is 0 Å². The Labute approximate surface area is 181 Å². The molecule has 29 heavy (non-hydrogen) atoms. The van der Waals surface area contributed by atoms with Crippen LogP contribution in [0.4, 0.5) is 5.69 Å². The molecule has 2 fully saturated rings. The van der Waals surface area contributed by atoms with Gasteiger partial charge in [0.15, 0.2) is 5.96 Å². The molecule has 3 rings (SSSR count). The molecule has 5 nitrogen and oxygen atoms in total. The van der Waals surface area contributed by atoms with Gasteiger partial charge in [0.1, 0.15) is 0 Å². The number of guanidine groups is 1. The second kappa shape index (κ2) is 10.5. The van der Waals surface area contributed by atoms with E-state index in [1.54, 1.807) is 0 Å². The Bertz CT molecular complexity index is 682. The van der Waals surface area contributed by atoms with E-state index in [1.807, 2.05) is 6.07 Å². The van der Waals surface area contributed by atoms with Crippen LogP contribution in [0.5, 0.6) is 0 Å². The maximum Gasteiger partial charge on any atom is 0.191 e. The molecule has 6 heteroatoms. The van der Waals surface area contributed by atoms with Crippen LogP contribution in [-0.2, 0) is 0 Å². The summed E-state index contributed by atoms with van der Waals surface area (Å²) in [5, 5.41) is 7.94. The summed E-state index contributed by atoms with van der Waals surface area (Å²) >= 11 is 6.22. The predicted octanol–water partition coefficient (Wildman–Crippen LogP) is 3.90. The van der Waals surface area contributed by atoms with Crippen LogP contribution in [0.15, 0.2) is 23.2 Å². The topological polar surface area (TPSA) is 42.9 Å². The number of nitrogens with zero attached hydrogens (tertiary/aromatic N) is 3. The van der Waals surface area contributed by atoms with E-state index in [4.69, 9.17) is 16.6 Å². The first kappa shape index (κ1) is 22.2. The molecule has 2 aliphatic rings. The molecule has 1 atom stereocenters. The highest BCUT2D eigenvalue weighted by Gasteiger charge is 2.25. The number of nitrogens with one attached hydrogen (secondary N) is 2. The third-order valence-electron chi connectivity index (χ3n) is 6.25. The van der Waals surface area contributed by atoms with Gasteiger partial charge < -0.3 is 20.4 Å². The molecule has 1 aromatic carbocycles. The lowest BCUT2D eigenvalue weighted by Crippen LogP contribution is -2.50. The van der Waals surface area contributed by atoms with E-state index in [1.165, 1.54) is 43.6 Å². The fourth-order valence-corrected chi connectivity index (χ4v) is 4.58. The van der Waals surface area contributed by atoms with Gasteiger partial charge >= 0.3 is 0 Å². The van der Waals surface area contributed by atoms with Crippen molar-refractivity contribution in [2.45, 2.75) is 59.0 Å². The van der Waals surface area contributed by atoms with Crippen LogP contribution in [0.25, 0.3) is 0 Å². The van der Waals surface area contributed by atoms with E-state index in [-0.39, 0.29) is 0 Å². The molecule has 2 aliphatic heterocycles. The molecule has 0 bridgehead atoms. The lowest BCUT2D eigenvalue weighted by Gasteiger charge is -2.35. The Balaban J connectivity index is 1.52. The summed E-state index contributed by atoms with van der Waals surface area (Å²) in [6.07, 6.45) is 3.56. The summed E-state index contributed by atoms with van der Waals surface area (Å²) in [7, 11) is 0. The third kappa shape index (κ3) is 6.26. The summed E-state index contributed by atoms with van der Waals surface area (Å²) in [6, 6.07) is 7.35.